The van der Waals surface area contributed by atoms with Gasteiger partial charge in [0, 0.05) is 13.0 Å². The Hall–Kier alpha value is -3.34. The number of nitriles is 2. The lowest BCUT2D eigenvalue weighted by Gasteiger charge is -2.26. The van der Waals surface area contributed by atoms with E-state index in [-0.39, 0.29) is 0 Å². The summed E-state index contributed by atoms with van der Waals surface area (Å²) in [7, 11) is 0. The lowest BCUT2D eigenvalue weighted by Crippen LogP contribution is -2.29. The average molecular weight is 539 g/mol. The zero-order valence-electron chi connectivity index (χ0n) is 24.6. The fourth-order valence-electron chi connectivity index (χ4n) is 5.13. The topological polar surface area (TPSA) is 66.0 Å². The highest BCUT2D eigenvalue weighted by atomic mass is 16.5. The fourth-order valence-corrected chi connectivity index (χ4v) is 5.13. The lowest BCUT2D eigenvalue weighted by molar-refractivity contribution is 0.0323. The van der Waals surface area contributed by atoms with Crippen molar-refractivity contribution in [2.24, 2.45) is 0 Å². The summed E-state index contributed by atoms with van der Waals surface area (Å²) < 4.78 is 12.3. The van der Waals surface area contributed by atoms with E-state index in [1.54, 1.807) is 0 Å². The predicted molar refractivity (Wildman–Crippen MR) is 165 cm³/mol. The van der Waals surface area contributed by atoms with Gasteiger partial charge < -0.3 is 9.47 Å². The van der Waals surface area contributed by atoms with Crippen LogP contribution in [0.4, 0.5) is 0 Å². The van der Waals surface area contributed by atoms with Crippen LogP contribution >= 0.6 is 0 Å². The second kappa shape index (κ2) is 17.4. The highest BCUT2D eigenvalue weighted by molar-refractivity contribution is 5.88. The third-order valence-corrected chi connectivity index (χ3v) is 7.60. The molecule has 4 nitrogen and oxygen atoms in total. The van der Waals surface area contributed by atoms with Crippen molar-refractivity contribution in [3.05, 3.63) is 71.8 Å². The minimum absolute atomic E-state index is 0.484. The van der Waals surface area contributed by atoms with Crippen molar-refractivity contribution in [3.8, 4) is 29.0 Å². The maximum absolute atomic E-state index is 9.98. The van der Waals surface area contributed by atoms with Crippen molar-refractivity contribution in [2.45, 2.75) is 103 Å². The number of rotatable bonds is 18. The number of hydrogen-bond acceptors (Lipinski definition) is 4. The van der Waals surface area contributed by atoms with E-state index in [0.717, 1.165) is 47.9 Å². The SMILES string of the molecule is CCCCCCCCOc1cc(-c2ccccc2)c(C2=CCC(C#N)(OCCCCCCCC)C=C2)cc1C#N. The molecule has 0 radical (unpaired) electrons. The van der Waals surface area contributed by atoms with Gasteiger partial charge in [0.2, 0.25) is 0 Å². The maximum Gasteiger partial charge on any atom is 0.176 e. The molecule has 0 amide bonds. The number of benzene rings is 2. The fraction of sp³-hybridized carbons (Fsp3) is 0.500. The number of unbranched alkanes of at least 4 members (excludes halogenated alkanes) is 10. The Bertz CT molecular complexity index is 1190. The van der Waals surface area contributed by atoms with Crippen LogP contribution in [0.25, 0.3) is 16.7 Å². The van der Waals surface area contributed by atoms with E-state index in [1.165, 1.54) is 51.4 Å². The van der Waals surface area contributed by atoms with Crippen LogP contribution in [0.15, 0.2) is 60.7 Å². The molecule has 0 fully saturated rings. The summed E-state index contributed by atoms with van der Waals surface area (Å²) in [6.45, 7) is 5.65. The van der Waals surface area contributed by atoms with Gasteiger partial charge in [0.15, 0.2) is 5.60 Å². The molecule has 0 spiro atoms. The van der Waals surface area contributed by atoms with E-state index in [4.69, 9.17) is 9.47 Å². The predicted octanol–water partition coefficient (Wildman–Crippen LogP) is 9.95. The molecule has 4 heteroatoms. The van der Waals surface area contributed by atoms with Crippen molar-refractivity contribution in [2.75, 3.05) is 13.2 Å². The smallest absolute Gasteiger partial charge is 0.176 e. The first kappa shape index (κ1) is 31.2. The first-order valence-electron chi connectivity index (χ1n) is 15.4. The Balaban J connectivity index is 1.74. The van der Waals surface area contributed by atoms with Crippen molar-refractivity contribution < 1.29 is 9.47 Å². The van der Waals surface area contributed by atoms with Crippen LogP contribution in [0.3, 0.4) is 0 Å². The van der Waals surface area contributed by atoms with Gasteiger partial charge in [-0.1, -0.05) is 121 Å². The molecule has 0 saturated carbocycles. The van der Waals surface area contributed by atoms with E-state index in [0.29, 0.717) is 30.9 Å². The molecular formula is C36H46N2O2. The molecule has 1 aliphatic rings. The monoisotopic (exact) mass is 538 g/mol. The molecule has 3 rings (SSSR count). The van der Waals surface area contributed by atoms with Gasteiger partial charge in [-0.3, -0.25) is 0 Å². The Morgan fingerprint density at radius 2 is 1.43 bits per heavy atom. The van der Waals surface area contributed by atoms with E-state index in [2.05, 4.69) is 44.2 Å². The molecule has 0 bridgehead atoms. The Morgan fingerprint density at radius 1 is 0.775 bits per heavy atom. The van der Waals surface area contributed by atoms with Crippen molar-refractivity contribution in [1.82, 2.24) is 0 Å². The molecule has 1 atom stereocenters. The van der Waals surface area contributed by atoms with E-state index in [1.807, 2.05) is 42.5 Å². The van der Waals surface area contributed by atoms with Gasteiger partial charge in [-0.25, -0.2) is 0 Å². The standard InChI is InChI=1S/C36H46N2O2/c1-3-5-7-9-11-16-24-39-35-27-34(30-18-14-13-15-19-30)33(26-32(35)28-37)31-20-22-36(29-38,23-21-31)40-25-17-12-10-8-6-4-2/h13-15,18-22,26-27H,3-12,16-17,23-25H2,1-2H3. The second-order valence-electron chi connectivity index (χ2n) is 10.8. The summed E-state index contributed by atoms with van der Waals surface area (Å²) in [5, 5.41) is 20.0. The van der Waals surface area contributed by atoms with E-state index >= 15 is 0 Å². The largest absolute Gasteiger partial charge is 0.492 e. The zero-order valence-corrected chi connectivity index (χ0v) is 24.6. The molecule has 1 unspecified atom stereocenters. The third-order valence-electron chi connectivity index (χ3n) is 7.60. The van der Waals surface area contributed by atoms with E-state index in [9.17, 15) is 10.5 Å². The molecule has 0 N–H and O–H groups in total. The number of hydrogen-bond donors (Lipinski definition) is 0. The van der Waals surface area contributed by atoms with Crippen LogP contribution < -0.4 is 4.74 Å². The molecule has 0 heterocycles. The minimum Gasteiger partial charge on any atom is -0.492 e. The van der Waals surface area contributed by atoms with Crippen LogP contribution in [0.1, 0.15) is 108 Å². The van der Waals surface area contributed by atoms with Gasteiger partial charge in [-0.05, 0) is 53.3 Å². The van der Waals surface area contributed by atoms with Crippen molar-refractivity contribution in [3.63, 3.8) is 0 Å². The molecular weight excluding hydrogens is 492 g/mol. The quantitative estimate of drug-likeness (QED) is 0.177. The van der Waals surface area contributed by atoms with Gasteiger partial charge in [0.05, 0.1) is 12.2 Å². The van der Waals surface area contributed by atoms with E-state index < -0.39 is 5.60 Å². The average Bonchev–Trinajstić information content (AvgIpc) is 3.00. The van der Waals surface area contributed by atoms with Gasteiger partial charge in [0.25, 0.3) is 0 Å². The Labute approximate surface area is 242 Å². The normalized spacial score (nSPS) is 16.2. The molecule has 0 aliphatic heterocycles. The number of nitrogens with zero attached hydrogens (tertiary/aromatic N) is 2. The summed E-state index contributed by atoms with van der Waals surface area (Å²) in [5.41, 5.74) is 3.65. The highest BCUT2D eigenvalue weighted by Gasteiger charge is 2.30. The highest BCUT2D eigenvalue weighted by Crippen LogP contribution is 2.38. The second-order valence-corrected chi connectivity index (χ2v) is 10.8. The summed E-state index contributed by atoms with van der Waals surface area (Å²) in [5.74, 6) is 0.632. The molecule has 2 aromatic rings. The van der Waals surface area contributed by atoms with Gasteiger partial charge in [0.1, 0.15) is 17.9 Å². The van der Waals surface area contributed by atoms with Gasteiger partial charge >= 0.3 is 0 Å². The first-order chi connectivity index (χ1) is 19.7. The van der Waals surface area contributed by atoms with Crippen LogP contribution in [-0.4, -0.2) is 18.8 Å². The Kier molecular flexibility index (Phi) is 13.5. The van der Waals surface area contributed by atoms with Crippen LogP contribution in [0.5, 0.6) is 5.75 Å². The Morgan fingerprint density at radius 3 is 2.02 bits per heavy atom. The molecule has 0 saturated heterocycles. The van der Waals surface area contributed by atoms with Crippen molar-refractivity contribution in [1.29, 1.82) is 10.5 Å². The van der Waals surface area contributed by atoms with Crippen LogP contribution in [-0.2, 0) is 4.74 Å². The third kappa shape index (κ3) is 9.39. The minimum atomic E-state index is -0.932. The lowest BCUT2D eigenvalue weighted by atomic mass is 9.86. The molecule has 0 aromatic heterocycles. The number of allylic oxidation sites excluding steroid dienone is 2. The maximum atomic E-state index is 9.98. The van der Waals surface area contributed by atoms with Crippen molar-refractivity contribution >= 4 is 5.57 Å². The molecule has 40 heavy (non-hydrogen) atoms. The number of ether oxygens (including phenoxy) is 2. The summed E-state index contributed by atoms with van der Waals surface area (Å²) in [6, 6.07) is 18.9. The summed E-state index contributed by atoms with van der Waals surface area (Å²) >= 11 is 0. The first-order valence-corrected chi connectivity index (χ1v) is 15.4. The summed E-state index contributed by atoms with van der Waals surface area (Å²) in [6.07, 6.45) is 20.7. The van der Waals surface area contributed by atoms with Crippen LogP contribution in [0.2, 0.25) is 0 Å². The molecule has 2 aromatic carbocycles. The van der Waals surface area contributed by atoms with Gasteiger partial charge in [-0.15, -0.1) is 0 Å². The molecule has 1 aliphatic carbocycles. The molecule has 212 valence electrons. The zero-order chi connectivity index (χ0) is 28.5. The summed E-state index contributed by atoms with van der Waals surface area (Å²) in [4.78, 5) is 0. The van der Waals surface area contributed by atoms with Crippen LogP contribution in [0, 0.1) is 22.7 Å². The van der Waals surface area contributed by atoms with Gasteiger partial charge in [-0.2, -0.15) is 10.5 Å².